The number of hydrogen-bond donors (Lipinski definition) is 1. The molecule has 1 aromatic heterocycles. The maximum atomic E-state index is 13.0. The van der Waals surface area contributed by atoms with Crippen LogP contribution < -0.4 is 15.7 Å². The highest BCUT2D eigenvalue weighted by Gasteiger charge is 2.26. The molecule has 0 radical (unpaired) electrons. The first-order valence-electron chi connectivity index (χ1n) is 11.2. The number of aryl methyl sites for hydroxylation is 2. The third-order valence-electron chi connectivity index (χ3n) is 5.95. The smallest absolute Gasteiger partial charge is 0.408 e. The van der Waals surface area contributed by atoms with E-state index in [1.54, 1.807) is 24.8 Å². The van der Waals surface area contributed by atoms with Crippen molar-refractivity contribution in [2.24, 2.45) is 0 Å². The van der Waals surface area contributed by atoms with E-state index in [0.717, 1.165) is 41.3 Å². The van der Waals surface area contributed by atoms with Crippen molar-refractivity contribution in [1.82, 2.24) is 5.32 Å². The molecule has 2 aromatic carbocycles. The third-order valence-corrected chi connectivity index (χ3v) is 6.59. The highest BCUT2D eigenvalue weighted by Crippen LogP contribution is 2.33. The van der Waals surface area contributed by atoms with Gasteiger partial charge in [0.2, 0.25) is 0 Å². The van der Waals surface area contributed by atoms with Crippen LogP contribution in [0.25, 0.3) is 11.0 Å². The van der Waals surface area contributed by atoms with Crippen molar-refractivity contribution in [1.29, 1.82) is 0 Å². The minimum absolute atomic E-state index is 0.101. The Morgan fingerprint density at radius 1 is 1.12 bits per heavy atom. The van der Waals surface area contributed by atoms with Gasteiger partial charge in [0.15, 0.2) is 0 Å². The number of carbonyl (C=O) groups excluding carboxylic acids is 2. The highest BCUT2D eigenvalue weighted by molar-refractivity contribution is 7.98. The number of carbonyl (C=O) groups is 2. The molecule has 0 saturated carbocycles. The number of hydrogen-bond acceptors (Lipinski definition) is 7. The minimum atomic E-state index is -0.877. The van der Waals surface area contributed by atoms with Gasteiger partial charge in [0.25, 0.3) is 0 Å². The van der Waals surface area contributed by atoms with E-state index in [1.165, 1.54) is 0 Å². The van der Waals surface area contributed by atoms with Gasteiger partial charge in [-0.2, -0.15) is 11.8 Å². The Balaban J connectivity index is 1.48. The molecule has 3 aromatic rings. The molecule has 34 heavy (non-hydrogen) atoms. The Morgan fingerprint density at radius 2 is 1.88 bits per heavy atom. The lowest BCUT2D eigenvalue weighted by Gasteiger charge is -2.18. The van der Waals surface area contributed by atoms with Crippen molar-refractivity contribution in [3.63, 3.8) is 0 Å². The van der Waals surface area contributed by atoms with Crippen LogP contribution in [-0.4, -0.2) is 30.1 Å². The number of benzene rings is 2. The molecular weight excluding hydrogens is 454 g/mol. The largest absolute Gasteiger partial charge is 0.445 e. The Labute approximate surface area is 201 Å². The van der Waals surface area contributed by atoms with Gasteiger partial charge in [0.1, 0.15) is 24.0 Å². The number of rotatable bonds is 8. The Morgan fingerprint density at radius 3 is 2.65 bits per heavy atom. The lowest BCUT2D eigenvalue weighted by Crippen LogP contribution is -2.43. The summed E-state index contributed by atoms with van der Waals surface area (Å²) in [5, 5.41) is 3.50. The lowest BCUT2D eigenvalue weighted by molar-refractivity contribution is -0.136. The second kappa shape index (κ2) is 10.8. The first-order chi connectivity index (χ1) is 16.5. The summed E-state index contributed by atoms with van der Waals surface area (Å²) in [5.41, 5.74) is 3.30. The molecule has 0 fully saturated rings. The number of ether oxygens (including phenoxy) is 2. The summed E-state index contributed by atoms with van der Waals surface area (Å²) >= 11 is 1.56. The molecule has 4 rings (SSSR count). The van der Waals surface area contributed by atoms with Crippen LogP contribution >= 0.6 is 11.8 Å². The monoisotopic (exact) mass is 481 g/mol. The molecule has 1 heterocycles. The molecule has 0 saturated heterocycles. The second-order valence-electron chi connectivity index (χ2n) is 8.23. The van der Waals surface area contributed by atoms with Crippen molar-refractivity contribution < 1.29 is 23.5 Å². The average molecular weight is 482 g/mol. The molecule has 0 unspecified atom stereocenters. The average Bonchev–Trinajstić information content (AvgIpc) is 3.34. The summed E-state index contributed by atoms with van der Waals surface area (Å²) in [5.74, 6) is 0.347. The maximum Gasteiger partial charge on any atom is 0.408 e. The Kier molecular flexibility index (Phi) is 7.57. The molecule has 7 nitrogen and oxygen atoms in total. The Bertz CT molecular complexity index is 1250. The quantitative estimate of drug-likeness (QED) is 0.287. The van der Waals surface area contributed by atoms with Crippen LogP contribution in [0.1, 0.15) is 35.1 Å². The molecule has 1 amide bonds. The standard InChI is InChI=1S/C26H27NO6S/c1-16-22(12-11-19-18-9-6-10-20(18)24(28)33-23(16)19)32-25(29)21(13-14-34-2)27-26(30)31-15-17-7-4-3-5-8-17/h3-5,7-8,11-12,21H,6,9-10,13-15H2,1-2H3,(H,27,30)/t21-/m1/s1. The summed E-state index contributed by atoms with van der Waals surface area (Å²) in [4.78, 5) is 37.7. The summed E-state index contributed by atoms with van der Waals surface area (Å²) in [6.07, 6.45) is 4.11. The van der Waals surface area contributed by atoms with Crippen LogP contribution in [0.4, 0.5) is 4.79 Å². The van der Waals surface area contributed by atoms with Crippen LogP contribution in [0.15, 0.2) is 51.7 Å². The van der Waals surface area contributed by atoms with Crippen LogP contribution in [0.2, 0.25) is 0 Å². The number of fused-ring (bicyclic) bond motifs is 3. The van der Waals surface area contributed by atoms with Crippen molar-refractivity contribution in [2.45, 2.75) is 45.3 Å². The molecule has 8 heteroatoms. The zero-order valence-corrected chi connectivity index (χ0v) is 20.0. The predicted octanol–water partition coefficient (Wildman–Crippen LogP) is 4.54. The second-order valence-corrected chi connectivity index (χ2v) is 9.21. The number of esters is 1. The normalized spacial score (nSPS) is 13.4. The van der Waals surface area contributed by atoms with E-state index in [0.29, 0.717) is 29.1 Å². The number of amides is 1. The lowest BCUT2D eigenvalue weighted by atomic mass is 10.0. The zero-order valence-electron chi connectivity index (χ0n) is 19.2. The molecule has 1 N–H and O–H groups in total. The van der Waals surface area contributed by atoms with Gasteiger partial charge in [-0.05, 0) is 67.9 Å². The number of alkyl carbamates (subject to hydrolysis) is 1. The highest BCUT2D eigenvalue weighted by atomic mass is 32.2. The van der Waals surface area contributed by atoms with Crippen LogP contribution in [-0.2, 0) is 29.0 Å². The molecule has 0 spiro atoms. The molecular formula is C26H27NO6S. The van der Waals surface area contributed by atoms with E-state index >= 15 is 0 Å². The van der Waals surface area contributed by atoms with Crippen molar-refractivity contribution >= 4 is 34.8 Å². The van der Waals surface area contributed by atoms with Gasteiger partial charge in [-0.25, -0.2) is 14.4 Å². The van der Waals surface area contributed by atoms with Crippen molar-refractivity contribution in [3.8, 4) is 5.75 Å². The maximum absolute atomic E-state index is 13.0. The van der Waals surface area contributed by atoms with E-state index < -0.39 is 18.1 Å². The molecule has 0 aliphatic heterocycles. The minimum Gasteiger partial charge on any atom is -0.445 e. The third kappa shape index (κ3) is 5.28. The predicted molar refractivity (Wildman–Crippen MR) is 131 cm³/mol. The first kappa shape index (κ1) is 23.9. The summed E-state index contributed by atoms with van der Waals surface area (Å²) in [6, 6.07) is 12.0. The van der Waals surface area contributed by atoms with Gasteiger partial charge >= 0.3 is 17.7 Å². The van der Waals surface area contributed by atoms with Gasteiger partial charge in [0.05, 0.1) is 0 Å². The SMILES string of the molecule is CSCC[C@@H](NC(=O)OCc1ccccc1)C(=O)Oc1ccc2c3c(c(=O)oc2c1C)CCC3. The van der Waals surface area contributed by atoms with Gasteiger partial charge < -0.3 is 19.2 Å². The Hall–Kier alpha value is -3.26. The topological polar surface area (TPSA) is 94.8 Å². The van der Waals surface area contributed by atoms with E-state index in [-0.39, 0.29) is 12.2 Å². The number of nitrogens with one attached hydrogen (secondary N) is 1. The summed E-state index contributed by atoms with van der Waals surface area (Å²) in [7, 11) is 0. The van der Waals surface area contributed by atoms with E-state index in [1.807, 2.05) is 42.7 Å². The van der Waals surface area contributed by atoms with Crippen molar-refractivity contribution in [2.75, 3.05) is 12.0 Å². The summed E-state index contributed by atoms with van der Waals surface area (Å²) in [6.45, 7) is 1.86. The molecule has 1 aliphatic rings. The van der Waals surface area contributed by atoms with Crippen LogP contribution in [0.3, 0.4) is 0 Å². The fourth-order valence-electron chi connectivity index (χ4n) is 4.15. The molecule has 0 bridgehead atoms. The fraction of sp³-hybridized carbons (Fsp3) is 0.346. The van der Waals surface area contributed by atoms with Gasteiger partial charge in [-0.1, -0.05) is 30.3 Å². The van der Waals surface area contributed by atoms with Crippen molar-refractivity contribution in [3.05, 3.63) is 75.1 Å². The molecule has 178 valence electrons. The van der Waals surface area contributed by atoms with Gasteiger partial charge in [-0.3, -0.25) is 0 Å². The molecule has 1 atom stereocenters. The van der Waals surface area contributed by atoms with E-state index in [2.05, 4.69) is 5.32 Å². The van der Waals surface area contributed by atoms with Gasteiger partial charge in [0, 0.05) is 16.5 Å². The van der Waals surface area contributed by atoms with Crippen LogP contribution in [0.5, 0.6) is 5.75 Å². The molecule has 1 aliphatic carbocycles. The fourth-order valence-corrected chi connectivity index (χ4v) is 4.62. The van der Waals surface area contributed by atoms with E-state index in [4.69, 9.17) is 13.9 Å². The number of thioether (sulfide) groups is 1. The first-order valence-corrected chi connectivity index (χ1v) is 12.6. The van der Waals surface area contributed by atoms with Gasteiger partial charge in [-0.15, -0.1) is 0 Å². The van der Waals surface area contributed by atoms with E-state index in [9.17, 15) is 14.4 Å². The zero-order chi connectivity index (χ0) is 24.1. The van der Waals surface area contributed by atoms with Crippen LogP contribution in [0, 0.1) is 6.92 Å². The summed E-state index contributed by atoms with van der Waals surface area (Å²) < 4.78 is 16.5.